The maximum Gasteiger partial charge on any atom is 0.0640 e. The Morgan fingerprint density at radius 3 is 2.78 bits per heavy atom. The fourth-order valence-corrected chi connectivity index (χ4v) is 3.74. The van der Waals surface area contributed by atoms with E-state index >= 15 is 0 Å². The number of aromatic nitrogens is 2. The van der Waals surface area contributed by atoms with Gasteiger partial charge in [0, 0.05) is 24.7 Å². The quantitative estimate of drug-likeness (QED) is 0.892. The Bertz CT molecular complexity index is 356. The van der Waals surface area contributed by atoms with Gasteiger partial charge in [0.05, 0.1) is 5.69 Å². The monoisotopic (exact) mass is 267 g/mol. The molecule has 2 N–H and O–H groups in total. The Labute approximate surface area is 115 Å². The molecule has 1 aromatic rings. The second kappa shape index (κ2) is 6.62. The summed E-state index contributed by atoms with van der Waals surface area (Å²) in [5, 5.41) is 4.58. The topological polar surface area (TPSA) is 43.8 Å². The Balaban J connectivity index is 1.80. The zero-order chi connectivity index (χ0) is 13.0. The lowest BCUT2D eigenvalue weighted by Crippen LogP contribution is -2.28. The van der Waals surface area contributed by atoms with Crippen molar-refractivity contribution in [3.8, 4) is 0 Å². The molecular formula is C14H25N3S. The van der Waals surface area contributed by atoms with E-state index in [1.165, 1.54) is 24.3 Å². The first-order chi connectivity index (χ1) is 8.65. The molecule has 1 aliphatic heterocycles. The predicted molar refractivity (Wildman–Crippen MR) is 79.0 cm³/mol. The van der Waals surface area contributed by atoms with Crippen LogP contribution in [-0.2, 0) is 6.42 Å². The van der Waals surface area contributed by atoms with Crippen molar-refractivity contribution in [2.45, 2.75) is 51.6 Å². The van der Waals surface area contributed by atoms with Crippen LogP contribution < -0.4 is 5.73 Å². The fourth-order valence-electron chi connectivity index (χ4n) is 2.54. The lowest BCUT2D eigenvalue weighted by atomic mass is 9.93. The SMILES string of the molecule is CC(C)n1ccc(CC(N)CC2CCSCC2)n1. The molecule has 1 unspecified atom stereocenters. The highest BCUT2D eigenvalue weighted by atomic mass is 32.2. The first kappa shape index (κ1) is 13.9. The van der Waals surface area contributed by atoms with Gasteiger partial charge in [-0.15, -0.1) is 0 Å². The van der Waals surface area contributed by atoms with E-state index in [0.717, 1.165) is 24.5 Å². The standard InChI is InChI=1S/C14H25N3S/c1-11(2)17-6-3-14(16-17)10-13(15)9-12-4-7-18-8-5-12/h3,6,11-13H,4-5,7-10,15H2,1-2H3. The molecule has 0 bridgehead atoms. The Hall–Kier alpha value is -0.480. The summed E-state index contributed by atoms with van der Waals surface area (Å²) < 4.78 is 2.01. The van der Waals surface area contributed by atoms with Crippen LogP contribution in [0.4, 0.5) is 0 Å². The average Bonchev–Trinajstić information content (AvgIpc) is 2.78. The minimum atomic E-state index is 0.272. The van der Waals surface area contributed by atoms with Crippen molar-refractivity contribution in [3.63, 3.8) is 0 Å². The van der Waals surface area contributed by atoms with Gasteiger partial charge in [0.25, 0.3) is 0 Å². The van der Waals surface area contributed by atoms with E-state index in [0.29, 0.717) is 6.04 Å². The normalized spacial score (nSPS) is 19.3. The van der Waals surface area contributed by atoms with Crippen LogP contribution in [0.5, 0.6) is 0 Å². The van der Waals surface area contributed by atoms with Crippen molar-refractivity contribution in [2.75, 3.05) is 11.5 Å². The lowest BCUT2D eigenvalue weighted by molar-refractivity contribution is 0.403. The Morgan fingerprint density at radius 1 is 1.44 bits per heavy atom. The van der Waals surface area contributed by atoms with Crippen LogP contribution in [0, 0.1) is 5.92 Å². The highest BCUT2D eigenvalue weighted by Crippen LogP contribution is 2.26. The first-order valence-electron chi connectivity index (χ1n) is 7.02. The minimum Gasteiger partial charge on any atom is -0.327 e. The summed E-state index contributed by atoms with van der Waals surface area (Å²) >= 11 is 2.08. The zero-order valence-corrected chi connectivity index (χ0v) is 12.3. The van der Waals surface area contributed by atoms with E-state index < -0.39 is 0 Å². The van der Waals surface area contributed by atoms with E-state index in [9.17, 15) is 0 Å². The minimum absolute atomic E-state index is 0.272. The molecule has 0 spiro atoms. The van der Waals surface area contributed by atoms with Crippen molar-refractivity contribution < 1.29 is 0 Å². The molecule has 0 saturated carbocycles. The predicted octanol–water partition coefficient (Wildman–Crippen LogP) is 2.87. The zero-order valence-electron chi connectivity index (χ0n) is 11.5. The van der Waals surface area contributed by atoms with Crippen LogP contribution in [0.25, 0.3) is 0 Å². The molecule has 0 radical (unpaired) electrons. The third-order valence-electron chi connectivity index (χ3n) is 3.64. The van der Waals surface area contributed by atoms with Gasteiger partial charge in [0.1, 0.15) is 0 Å². The van der Waals surface area contributed by atoms with Gasteiger partial charge >= 0.3 is 0 Å². The molecule has 1 saturated heterocycles. The molecule has 4 heteroatoms. The van der Waals surface area contributed by atoms with E-state index in [4.69, 9.17) is 5.73 Å². The van der Waals surface area contributed by atoms with E-state index in [-0.39, 0.29) is 6.04 Å². The van der Waals surface area contributed by atoms with Gasteiger partial charge in [-0.2, -0.15) is 16.9 Å². The van der Waals surface area contributed by atoms with Gasteiger partial charge < -0.3 is 5.73 Å². The summed E-state index contributed by atoms with van der Waals surface area (Å²) in [6, 6.07) is 2.82. The number of thioether (sulfide) groups is 1. The summed E-state index contributed by atoms with van der Waals surface area (Å²) in [5.41, 5.74) is 7.41. The van der Waals surface area contributed by atoms with Crippen molar-refractivity contribution in [3.05, 3.63) is 18.0 Å². The molecular weight excluding hydrogens is 242 g/mol. The fraction of sp³-hybridized carbons (Fsp3) is 0.786. The van der Waals surface area contributed by atoms with Crippen molar-refractivity contribution >= 4 is 11.8 Å². The van der Waals surface area contributed by atoms with Gasteiger partial charge in [-0.25, -0.2) is 0 Å². The van der Waals surface area contributed by atoms with E-state index in [1.807, 2.05) is 4.68 Å². The third-order valence-corrected chi connectivity index (χ3v) is 4.69. The highest BCUT2D eigenvalue weighted by Gasteiger charge is 2.17. The summed E-state index contributed by atoms with van der Waals surface area (Å²) in [5.74, 6) is 3.48. The van der Waals surface area contributed by atoms with Crippen LogP contribution in [0.2, 0.25) is 0 Å². The van der Waals surface area contributed by atoms with Gasteiger partial charge in [-0.3, -0.25) is 4.68 Å². The summed E-state index contributed by atoms with van der Waals surface area (Å²) in [6.45, 7) is 4.30. The molecule has 0 aliphatic carbocycles. The lowest BCUT2D eigenvalue weighted by Gasteiger charge is -2.24. The number of nitrogens with two attached hydrogens (primary N) is 1. The van der Waals surface area contributed by atoms with Gasteiger partial charge in [-0.1, -0.05) is 0 Å². The molecule has 102 valence electrons. The number of rotatable bonds is 5. The van der Waals surface area contributed by atoms with Crippen LogP contribution in [0.3, 0.4) is 0 Å². The van der Waals surface area contributed by atoms with Gasteiger partial charge in [-0.05, 0) is 56.6 Å². The van der Waals surface area contributed by atoms with Crippen LogP contribution in [-0.4, -0.2) is 27.3 Å². The number of hydrogen-bond acceptors (Lipinski definition) is 3. The van der Waals surface area contributed by atoms with Crippen molar-refractivity contribution in [1.82, 2.24) is 9.78 Å². The Morgan fingerprint density at radius 2 is 2.17 bits per heavy atom. The van der Waals surface area contributed by atoms with Crippen LogP contribution in [0.15, 0.2) is 12.3 Å². The van der Waals surface area contributed by atoms with Crippen molar-refractivity contribution in [2.24, 2.45) is 11.7 Å². The summed E-state index contributed by atoms with van der Waals surface area (Å²) in [4.78, 5) is 0. The molecule has 2 heterocycles. The maximum absolute atomic E-state index is 6.27. The molecule has 1 aliphatic rings. The van der Waals surface area contributed by atoms with E-state index in [1.54, 1.807) is 0 Å². The highest BCUT2D eigenvalue weighted by molar-refractivity contribution is 7.99. The van der Waals surface area contributed by atoms with Gasteiger partial charge in [0.15, 0.2) is 0 Å². The first-order valence-corrected chi connectivity index (χ1v) is 8.18. The summed E-state index contributed by atoms with van der Waals surface area (Å²) in [6.07, 6.45) is 6.83. The summed E-state index contributed by atoms with van der Waals surface area (Å²) in [7, 11) is 0. The maximum atomic E-state index is 6.27. The molecule has 1 aromatic heterocycles. The number of nitrogens with zero attached hydrogens (tertiary/aromatic N) is 2. The molecule has 3 nitrogen and oxygen atoms in total. The largest absolute Gasteiger partial charge is 0.327 e. The molecule has 2 rings (SSSR count). The Kier molecular flexibility index (Phi) is 5.13. The number of hydrogen-bond donors (Lipinski definition) is 1. The van der Waals surface area contributed by atoms with Crippen LogP contribution >= 0.6 is 11.8 Å². The molecule has 18 heavy (non-hydrogen) atoms. The second-order valence-electron chi connectivity index (χ2n) is 5.64. The third kappa shape index (κ3) is 4.02. The molecule has 0 amide bonds. The second-order valence-corrected chi connectivity index (χ2v) is 6.86. The van der Waals surface area contributed by atoms with E-state index in [2.05, 4.69) is 43.0 Å². The smallest absolute Gasteiger partial charge is 0.0640 e. The molecule has 1 fully saturated rings. The van der Waals surface area contributed by atoms with Crippen LogP contribution in [0.1, 0.15) is 44.8 Å². The molecule has 0 aromatic carbocycles. The van der Waals surface area contributed by atoms with Crippen molar-refractivity contribution in [1.29, 1.82) is 0 Å². The molecule has 1 atom stereocenters. The van der Waals surface area contributed by atoms with Gasteiger partial charge in [0.2, 0.25) is 0 Å². The average molecular weight is 267 g/mol.